The maximum atomic E-state index is 13.2. The summed E-state index contributed by atoms with van der Waals surface area (Å²) in [7, 11) is 0. The minimum absolute atomic E-state index is 0.0551. The van der Waals surface area contributed by atoms with Crippen LogP contribution in [0.4, 0.5) is 0 Å². The predicted octanol–water partition coefficient (Wildman–Crippen LogP) is -1.93. The molecule has 0 aromatic heterocycles. The number of amides is 4. The normalized spacial score (nSPS) is 13.8. The SMILES string of the molecule is CC(C)CC(NC(=O)C(CC(N)=O)NC(=O)C(CCCN=C(N)N)NC(=O)C(N)Cc1ccccc1)C(=O)O. The molecule has 4 atom stereocenters. The van der Waals surface area contributed by atoms with Crippen LogP contribution in [-0.2, 0) is 30.4 Å². The van der Waals surface area contributed by atoms with Crippen LogP contribution < -0.4 is 38.9 Å². The van der Waals surface area contributed by atoms with Gasteiger partial charge in [-0.25, -0.2) is 4.79 Å². The van der Waals surface area contributed by atoms with Gasteiger partial charge in [0.2, 0.25) is 23.6 Å². The highest BCUT2D eigenvalue weighted by molar-refractivity contribution is 5.96. The molecule has 0 aliphatic rings. The predicted molar refractivity (Wildman–Crippen MR) is 145 cm³/mol. The number of carbonyl (C=O) groups is 5. The summed E-state index contributed by atoms with van der Waals surface area (Å²) in [6.07, 6.45) is 0.109. The van der Waals surface area contributed by atoms with E-state index in [4.69, 9.17) is 22.9 Å². The highest BCUT2D eigenvalue weighted by atomic mass is 16.4. The molecule has 1 aromatic carbocycles. The van der Waals surface area contributed by atoms with Gasteiger partial charge in [-0.2, -0.15) is 0 Å². The van der Waals surface area contributed by atoms with Gasteiger partial charge in [0.15, 0.2) is 5.96 Å². The molecule has 216 valence electrons. The summed E-state index contributed by atoms with van der Waals surface area (Å²) in [4.78, 5) is 65.9. The molecule has 1 rings (SSSR count). The van der Waals surface area contributed by atoms with Gasteiger partial charge in [0, 0.05) is 6.54 Å². The Bertz CT molecular complexity index is 1010. The van der Waals surface area contributed by atoms with Crippen molar-refractivity contribution in [3.05, 3.63) is 35.9 Å². The molecular weight excluding hydrogens is 508 g/mol. The molecule has 0 aliphatic heterocycles. The number of hydrogen-bond donors (Lipinski definition) is 8. The molecule has 0 fully saturated rings. The second-order valence-corrected chi connectivity index (χ2v) is 9.57. The Morgan fingerprint density at radius 1 is 0.872 bits per heavy atom. The van der Waals surface area contributed by atoms with E-state index in [9.17, 15) is 29.1 Å². The number of carboxylic acid groups (broad SMARTS) is 1. The lowest BCUT2D eigenvalue weighted by Gasteiger charge is -2.25. The van der Waals surface area contributed by atoms with Crippen LogP contribution in [0.5, 0.6) is 0 Å². The van der Waals surface area contributed by atoms with Crippen molar-refractivity contribution in [1.29, 1.82) is 0 Å². The topological polar surface area (TPSA) is 258 Å². The van der Waals surface area contributed by atoms with Crippen LogP contribution in [0, 0.1) is 5.92 Å². The summed E-state index contributed by atoms with van der Waals surface area (Å²) in [6, 6.07) is 4.20. The van der Waals surface area contributed by atoms with E-state index in [0.29, 0.717) is 0 Å². The van der Waals surface area contributed by atoms with Gasteiger partial charge in [0.1, 0.15) is 18.1 Å². The molecule has 0 aliphatic carbocycles. The smallest absolute Gasteiger partial charge is 0.326 e. The van der Waals surface area contributed by atoms with Crippen molar-refractivity contribution in [3.63, 3.8) is 0 Å². The van der Waals surface area contributed by atoms with Gasteiger partial charge < -0.3 is 44.0 Å². The molecule has 14 nitrogen and oxygen atoms in total. The number of nitrogens with one attached hydrogen (secondary N) is 3. The second kappa shape index (κ2) is 16.6. The molecule has 0 radical (unpaired) electrons. The summed E-state index contributed by atoms with van der Waals surface area (Å²) < 4.78 is 0. The van der Waals surface area contributed by atoms with Gasteiger partial charge in [-0.15, -0.1) is 0 Å². The number of aliphatic imine (C=N–C) groups is 1. The summed E-state index contributed by atoms with van der Waals surface area (Å²) >= 11 is 0. The molecule has 0 saturated carbocycles. The Morgan fingerprint density at radius 2 is 1.44 bits per heavy atom. The van der Waals surface area contributed by atoms with E-state index in [-0.39, 0.29) is 44.1 Å². The average molecular weight is 549 g/mol. The lowest BCUT2D eigenvalue weighted by atomic mass is 10.0. The first kappa shape index (κ1) is 32.8. The van der Waals surface area contributed by atoms with Crippen molar-refractivity contribution >= 4 is 35.6 Å². The number of rotatable bonds is 17. The molecule has 0 bridgehead atoms. The fraction of sp³-hybridized carbons (Fsp3) is 0.520. The van der Waals surface area contributed by atoms with Crippen molar-refractivity contribution in [2.75, 3.05) is 6.54 Å². The monoisotopic (exact) mass is 548 g/mol. The molecule has 0 spiro atoms. The first-order valence-electron chi connectivity index (χ1n) is 12.6. The third-order valence-corrected chi connectivity index (χ3v) is 5.57. The van der Waals surface area contributed by atoms with E-state index in [1.165, 1.54) is 0 Å². The number of nitrogens with two attached hydrogens (primary N) is 4. The van der Waals surface area contributed by atoms with Crippen LogP contribution in [0.1, 0.15) is 45.1 Å². The molecule has 12 N–H and O–H groups in total. The fourth-order valence-corrected chi connectivity index (χ4v) is 3.66. The third kappa shape index (κ3) is 13.2. The van der Waals surface area contributed by atoms with E-state index in [1.807, 2.05) is 18.2 Å². The van der Waals surface area contributed by atoms with Gasteiger partial charge in [-0.3, -0.25) is 24.2 Å². The summed E-state index contributed by atoms with van der Waals surface area (Å²) in [5, 5.41) is 16.8. The maximum Gasteiger partial charge on any atom is 0.326 e. The molecule has 1 aromatic rings. The van der Waals surface area contributed by atoms with Crippen molar-refractivity contribution in [1.82, 2.24) is 16.0 Å². The van der Waals surface area contributed by atoms with Crippen molar-refractivity contribution in [2.24, 2.45) is 33.8 Å². The van der Waals surface area contributed by atoms with Crippen LogP contribution in [0.3, 0.4) is 0 Å². The number of nitrogens with zero attached hydrogens (tertiary/aromatic N) is 1. The summed E-state index contributed by atoms with van der Waals surface area (Å²) in [6.45, 7) is 3.73. The minimum atomic E-state index is -1.47. The molecule has 0 heterocycles. The average Bonchev–Trinajstić information content (AvgIpc) is 2.84. The first-order valence-corrected chi connectivity index (χ1v) is 12.6. The zero-order valence-corrected chi connectivity index (χ0v) is 22.3. The Labute approximate surface area is 227 Å². The molecule has 14 heteroatoms. The number of primary amides is 1. The lowest BCUT2D eigenvalue weighted by Crippen LogP contribution is -2.58. The van der Waals surface area contributed by atoms with Crippen LogP contribution in [0.25, 0.3) is 0 Å². The second-order valence-electron chi connectivity index (χ2n) is 9.57. The maximum absolute atomic E-state index is 13.2. The molecular formula is C25H40N8O6. The number of carbonyl (C=O) groups excluding carboxylic acids is 4. The van der Waals surface area contributed by atoms with Crippen LogP contribution in [0.2, 0.25) is 0 Å². The van der Waals surface area contributed by atoms with Crippen LogP contribution >= 0.6 is 0 Å². The Kier molecular flexibility index (Phi) is 14.0. The zero-order valence-electron chi connectivity index (χ0n) is 22.3. The van der Waals surface area contributed by atoms with Gasteiger partial charge in [0.25, 0.3) is 0 Å². The van der Waals surface area contributed by atoms with Crippen molar-refractivity contribution in [3.8, 4) is 0 Å². The van der Waals surface area contributed by atoms with Gasteiger partial charge in [0.05, 0.1) is 12.5 Å². The third-order valence-electron chi connectivity index (χ3n) is 5.57. The highest BCUT2D eigenvalue weighted by Gasteiger charge is 2.31. The van der Waals surface area contributed by atoms with Gasteiger partial charge in [-0.1, -0.05) is 44.2 Å². The van der Waals surface area contributed by atoms with Gasteiger partial charge >= 0.3 is 5.97 Å². The number of guanidine groups is 1. The first-order chi connectivity index (χ1) is 18.3. The van der Waals surface area contributed by atoms with E-state index in [2.05, 4.69) is 20.9 Å². The van der Waals surface area contributed by atoms with E-state index >= 15 is 0 Å². The Hall–Kier alpha value is -4.20. The summed E-state index contributed by atoms with van der Waals surface area (Å²) in [5.41, 5.74) is 22.8. The molecule has 0 saturated heterocycles. The van der Waals surface area contributed by atoms with E-state index in [1.54, 1.807) is 26.0 Å². The van der Waals surface area contributed by atoms with Gasteiger partial charge in [-0.05, 0) is 37.2 Å². The highest BCUT2D eigenvalue weighted by Crippen LogP contribution is 2.08. The molecule has 4 amide bonds. The van der Waals surface area contributed by atoms with Crippen LogP contribution in [0.15, 0.2) is 35.3 Å². The van der Waals surface area contributed by atoms with Crippen molar-refractivity contribution in [2.45, 2.75) is 70.1 Å². The largest absolute Gasteiger partial charge is 0.480 e. The number of benzene rings is 1. The minimum Gasteiger partial charge on any atom is -0.480 e. The Morgan fingerprint density at radius 3 is 1.97 bits per heavy atom. The van der Waals surface area contributed by atoms with Crippen LogP contribution in [-0.4, -0.2) is 71.4 Å². The number of hydrogen-bond acceptors (Lipinski definition) is 7. The quantitative estimate of drug-likeness (QED) is 0.0611. The van der Waals surface area contributed by atoms with E-state index in [0.717, 1.165) is 5.56 Å². The molecule has 39 heavy (non-hydrogen) atoms. The van der Waals surface area contributed by atoms with E-state index < -0.39 is 60.2 Å². The fourth-order valence-electron chi connectivity index (χ4n) is 3.66. The summed E-state index contributed by atoms with van der Waals surface area (Å²) in [5.74, 6) is -4.67. The number of carboxylic acids is 1. The molecule has 4 unspecified atom stereocenters. The van der Waals surface area contributed by atoms with Crippen molar-refractivity contribution < 1.29 is 29.1 Å². The Balaban J connectivity index is 3.04. The zero-order chi connectivity index (χ0) is 29.5. The standard InChI is InChI=1S/C25H40N8O6/c1-14(2)11-19(24(38)39)33-23(37)18(13-20(27)34)32-22(36)17(9-6-10-30-25(28)29)31-21(35)16(26)12-15-7-4-3-5-8-15/h3-5,7-8,14,16-19H,6,9-13,26H2,1-2H3,(H2,27,34)(H,31,35)(H,32,36)(H,33,37)(H,38,39)(H4,28,29,30). The number of aliphatic carboxylic acids is 1. The lowest BCUT2D eigenvalue weighted by molar-refractivity contribution is -0.143.